The quantitative estimate of drug-likeness (QED) is 0.842. The number of carbonyl (C=O) groups excluding carboxylic acids is 1. The molecule has 0 unspecified atom stereocenters. The molecule has 2 atom stereocenters. The van der Waals surface area contributed by atoms with Crippen molar-refractivity contribution in [2.24, 2.45) is 16.4 Å². The molecule has 6 nitrogen and oxygen atoms in total. The summed E-state index contributed by atoms with van der Waals surface area (Å²) in [4.78, 5) is 13.1. The van der Waals surface area contributed by atoms with Gasteiger partial charge in [0.2, 0.25) is 5.72 Å². The number of nitrogens with zero attached hydrogens (tertiary/aromatic N) is 2. The molecule has 1 heterocycles. The molecule has 0 bridgehead atoms. The molecule has 1 aliphatic carbocycles. The average Bonchev–Trinajstić information content (AvgIpc) is 3.06. The van der Waals surface area contributed by atoms with E-state index >= 15 is 0 Å². The number of benzene rings is 2. The van der Waals surface area contributed by atoms with Gasteiger partial charge in [0.05, 0.1) is 10.6 Å². The highest BCUT2D eigenvalue weighted by molar-refractivity contribution is 7.89. The highest BCUT2D eigenvalue weighted by atomic mass is 32.2. The van der Waals surface area contributed by atoms with Crippen LogP contribution in [0.25, 0.3) is 0 Å². The molecule has 0 aromatic heterocycles. The number of Topliss-reactive ketones (excluding diaryl/α,β-unsaturated/α-hetero) is 1. The molecule has 0 amide bonds. The minimum absolute atomic E-state index is 0.0148. The molecular weight excluding hydrogens is 376 g/mol. The van der Waals surface area contributed by atoms with Crippen molar-refractivity contribution in [3.05, 3.63) is 65.2 Å². The minimum Gasteiger partial charge on any atom is -0.364 e. The van der Waals surface area contributed by atoms with Crippen LogP contribution < -0.4 is 0 Å². The van der Waals surface area contributed by atoms with E-state index in [1.54, 1.807) is 36.4 Å². The summed E-state index contributed by atoms with van der Waals surface area (Å²) in [6.07, 6.45) is 0. The standard InChI is InChI=1S/C21H22N2O4S/c1-13-9-11-14(12-10-13)28(26,27)23-21(25)16-8-6-5-7-15(16)18(24)17(21)19(22-23)20(2,3)4/h5-12,17,25H,1-4H3/t17-,21+/m0/s1. The van der Waals surface area contributed by atoms with Crippen LogP contribution in [0.15, 0.2) is 58.5 Å². The van der Waals surface area contributed by atoms with Gasteiger partial charge in [-0.25, -0.2) is 0 Å². The van der Waals surface area contributed by atoms with E-state index in [0.717, 1.165) is 9.98 Å². The van der Waals surface area contributed by atoms with Gasteiger partial charge in [0.25, 0.3) is 10.0 Å². The largest absolute Gasteiger partial charge is 0.364 e. The first kappa shape index (κ1) is 18.8. The summed E-state index contributed by atoms with van der Waals surface area (Å²) in [6.45, 7) is 7.41. The van der Waals surface area contributed by atoms with Crippen LogP contribution in [0.3, 0.4) is 0 Å². The molecule has 4 rings (SSSR count). The lowest BCUT2D eigenvalue weighted by atomic mass is 9.78. The normalized spacial score (nSPS) is 24.2. The highest BCUT2D eigenvalue weighted by Crippen LogP contribution is 2.52. The van der Waals surface area contributed by atoms with E-state index in [1.165, 1.54) is 12.1 Å². The maximum atomic E-state index is 13.4. The van der Waals surface area contributed by atoms with Crippen molar-refractivity contribution in [1.82, 2.24) is 4.41 Å². The lowest BCUT2D eigenvalue weighted by molar-refractivity contribution is -0.0656. The fraction of sp³-hybridized carbons (Fsp3) is 0.333. The van der Waals surface area contributed by atoms with Gasteiger partial charge >= 0.3 is 0 Å². The molecule has 146 valence electrons. The molecule has 1 aliphatic heterocycles. The Morgan fingerprint density at radius 2 is 1.68 bits per heavy atom. The topological polar surface area (TPSA) is 87.0 Å². The van der Waals surface area contributed by atoms with Crippen LogP contribution in [-0.2, 0) is 15.7 Å². The molecule has 28 heavy (non-hydrogen) atoms. The van der Waals surface area contributed by atoms with Gasteiger partial charge in [0.15, 0.2) is 5.78 Å². The Hall–Kier alpha value is -2.51. The van der Waals surface area contributed by atoms with Gasteiger partial charge in [-0.1, -0.05) is 62.7 Å². The van der Waals surface area contributed by atoms with Crippen molar-refractivity contribution in [1.29, 1.82) is 0 Å². The molecule has 7 heteroatoms. The summed E-state index contributed by atoms with van der Waals surface area (Å²) in [5.74, 6) is -1.38. The third-order valence-corrected chi connectivity index (χ3v) is 7.02. The van der Waals surface area contributed by atoms with Crippen molar-refractivity contribution >= 4 is 21.5 Å². The highest BCUT2D eigenvalue weighted by Gasteiger charge is 2.65. The Kier molecular flexibility index (Phi) is 3.87. The van der Waals surface area contributed by atoms with Gasteiger partial charge in [0, 0.05) is 16.5 Å². The lowest BCUT2D eigenvalue weighted by Gasteiger charge is -2.32. The maximum Gasteiger partial charge on any atom is 0.282 e. The summed E-state index contributed by atoms with van der Waals surface area (Å²) in [5, 5.41) is 16.0. The molecule has 2 aromatic rings. The lowest BCUT2D eigenvalue weighted by Crippen LogP contribution is -2.48. The second kappa shape index (κ2) is 5.75. The molecule has 0 saturated heterocycles. The van der Waals surface area contributed by atoms with Gasteiger partial charge in [-0.05, 0) is 19.1 Å². The predicted molar refractivity (Wildman–Crippen MR) is 105 cm³/mol. The molecular formula is C21H22N2O4S. The zero-order valence-electron chi connectivity index (χ0n) is 16.2. The van der Waals surface area contributed by atoms with E-state index in [-0.39, 0.29) is 16.2 Å². The minimum atomic E-state index is -4.18. The maximum absolute atomic E-state index is 13.4. The number of aryl methyl sites for hydroxylation is 1. The Morgan fingerprint density at radius 1 is 1.07 bits per heavy atom. The number of carbonyl (C=O) groups is 1. The first-order valence-electron chi connectivity index (χ1n) is 9.06. The number of rotatable bonds is 2. The van der Waals surface area contributed by atoms with E-state index < -0.39 is 27.1 Å². The van der Waals surface area contributed by atoms with Gasteiger partial charge < -0.3 is 5.11 Å². The fourth-order valence-electron chi connectivity index (χ4n) is 3.90. The summed E-state index contributed by atoms with van der Waals surface area (Å²) in [5.41, 5.74) is -0.808. The summed E-state index contributed by atoms with van der Waals surface area (Å²) >= 11 is 0. The molecule has 1 N–H and O–H groups in total. The summed E-state index contributed by atoms with van der Waals surface area (Å²) < 4.78 is 27.6. The smallest absolute Gasteiger partial charge is 0.282 e. The summed E-state index contributed by atoms with van der Waals surface area (Å²) in [7, 11) is -4.18. The van der Waals surface area contributed by atoms with Crippen molar-refractivity contribution in [3.8, 4) is 0 Å². The number of hydrazone groups is 1. The zero-order valence-corrected chi connectivity index (χ0v) is 17.0. The van der Waals surface area contributed by atoms with Gasteiger partial charge in [-0.3, -0.25) is 4.79 Å². The predicted octanol–water partition coefficient (Wildman–Crippen LogP) is 3.06. The Morgan fingerprint density at radius 3 is 2.29 bits per heavy atom. The number of ketones is 1. The Bertz CT molecular complexity index is 1110. The summed E-state index contributed by atoms with van der Waals surface area (Å²) in [6, 6.07) is 12.9. The van der Waals surface area contributed by atoms with Gasteiger partial charge in [-0.2, -0.15) is 13.5 Å². The molecule has 0 spiro atoms. The second-order valence-corrected chi connectivity index (χ2v) is 10.1. The molecule has 2 aromatic carbocycles. The van der Waals surface area contributed by atoms with Crippen LogP contribution in [0.4, 0.5) is 0 Å². The molecule has 0 fully saturated rings. The molecule has 0 saturated carbocycles. The SMILES string of the molecule is Cc1ccc(S(=O)(=O)N2N=C(C(C)(C)C)[C@@H]3C(=O)c4ccccc4[C@@]32O)cc1. The van der Waals surface area contributed by atoms with Crippen LogP contribution in [0.2, 0.25) is 0 Å². The molecule has 2 aliphatic rings. The van der Waals surface area contributed by atoms with Crippen molar-refractivity contribution in [2.75, 3.05) is 0 Å². The van der Waals surface area contributed by atoms with Crippen LogP contribution in [0.1, 0.15) is 42.3 Å². The molecule has 0 radical (unpaired) electrons. The van der Waals surface area contributed by atoms with E-state index in [1.807, 2.05) is 27.7 Å². The van der Waals surface area contributed by atoms with E-state index in [4.69, 9.17) is 0 Å². The third-order valence-electron chi connectivity index (χ3n) is 5.33. The number of sulfonamides is 1. The monoisotopic (exact) mass is 398 g/mol. The van der Waals surface area contributed by atoms with Crippen molar-refractivity contribution in [3.63, 3.8) is 0 Å². The van der Waals surface area contributed by atoms with Crippen LogP contribution >= 0.6 is 0 Å². The average molecular weight is 398 g/mol. The first-order valence-corrected chi connectivity index (χ1v) is 10.5. The zero-order chi connectivity index (χ0) is 20.5. The number of hydrogen-bond acceptors (Lipinski definition) is 5. The van der Waals surface area contributed by atoms with Gasteiger partial charge in [-0.15, -0.1) is 4.41 Å². The van der Waals surface area contributed by atoms with Crippen molar-refractivity contribution < 1.29 is 18.3 Å². The third kappa shape index (κ3) is 2.39. The van der Waals surface area contributed by atoms with Crippen molar-refractivity contribution in [2.45, 2.75) is 38.3 Å². The van der Waals surface area contributed by atoms with E-state index in [0.29, 0.717) is 11.3 Å². The number of aliphatic hydroxyl groups is 1. The van der Waals surface area contributed by atoms with Gasteiger partial charge in [0.1, 0.15) is 5.92 Å². The Labute approximate surface area is 164 Å². The number of fused-ring (bicyclic) bond motifs is 3. The Balaban J connectivity index is 1.98. The second-order valence-electron chi connectivity index (χ2n) is 8.37. The van der Waals surface area contributed by atoms with Crippen LogP contribution in [-0.4, -0.2) is 29.4 Å². The van der Waals surface area contributed by atoms with Crippen LogP contribution in [0.5, 0.6) is 0 Å². The van der Waals surface area contributed by atoms with E-state index in [9.17, 15) is 18.3 Å². The number of hydrogen-bond donors (Lipinski definition) is 1. The van der Waals surface area contributed by atoms with Crippen LogP contribution in [0, 0.1) is 18.3 Å². The first-order chi connectivity index (χ1) is 13.0. The van der Waals surface area contributed by atoms with E-state index in [2.05, 4.69) is 5.10 Å². The fourth-order valence-corrected chi connectivity index (χ4v) is 5.35.